The van der Waals surface area contributed by atoms with E-state index in [9.17, 15) is 0 Å². The van der Waals surface area contributed by atoms with Gasteiger partial charge in [-0.25, -0.2) is 9.97 Å². The molecular weight excluding hydrogens is 314 g/mol. The van der Waals surface area contributed by atoms with E-state index in [-0.39, 0.29) is 11.6 Å². The number of aryl methyl sites for hydroxylation is 1. The van der Waals surface area contributed by atoms with Crippen molar-refractivity contribution in [2.45, 2.75) is 31.4 Å². The van der Waals surface area contributed by atoms with Gasteiger partial charge in [0.2, 0.25) is 0 Å². The number of nitriles is 1. The standard InChI is InChI=1S/C19H21N5O/c1-14-4-2-7-18(21-14)24-9-8-19(13-24)10-16(12-25-19)23-17-6-3-5-15(11-20)22-17/h2-7,16H,8-10,12-13H2,1H3,(H,22,23)/t16-,19+/m1/s1. The van der Waals surface area contributed by atoms with E-state index < -0.39 is 0 Å². The third kappa shape index (κ3) is 3.28. The molecule has 0 aliphatic carbocycles. The van der Waals surface area contributed by atoms with Crippen molar-refractivity contribution in [1.82, 2.24) is 9.97 Å². The normalized spacial score (nSPS) is 25.3. The average Bonchev–Trinajstić information content (AvgIpc) is 3.22. The van der Waals surface area contributed by atoms with Crippen molar-refractivity contribution in [2.75, 3.05) is 29.9 Å². The zero-order valence-corrected chi connectivity index (χ0v) is 14.3. The lowest BCUT2D eigenvalue weighted by atomic mass is 9.97. The van der Waals surface area contributed by atoms with Crippen LogP contribution in [0.1, 0.15) is 24.2 Å². The first kappa shape index (κ1) is 15.9. The highest BCUT2D eigenvalue weighted by Gasteiger charge is 2.46. The van der Waals surface area contributed by atoms with Gasteiger partial charge in [-0.15, -0.1) is 0 Å². The van der Waals surface area contributed by atoms with Crippen LogP contribution in [0.15, 0.2) is 36.4 Å². The Morgan fingerprint density at radius 3 is 3.00 bits per heavy atom. The van der Waals surface area contributed by atoms with Crippen LogP contribution in [-0.4, -0.2) is 41.3 Å². The molecule has 2 saturated heterocycles. The number of hydrogen-bond donors (Lipinski definition) is 1. The summed E-state index contributed by atoms with van der Waals surface area (Å²) in [6, 6.07) is 13.9. The summed E-state index contributed by atoms with van der Waals surface area (Å²) in [6.07, 6.45) is 1.94. The van der Waals surface area contributed by atoms with Gasteiger partial charge in [0, 0.05) is 25.2 Å². The number of rotatable bonds is 3. The SMILES string of the molecule is Cc1cccc(N2CC[C@]3(C[C@@H](Nc4cccc(C#N)n4)CO3)C2)n1. The molecule has 0 aromatic carbocycles. The molecule has 0 saturated carbocycles. The highest BCUT2D eigenvalue weighted by molar-refractivity contribution is 5.43. The van der Waals surface area contributed by atoms with E-state index in [4.69, 9.17) is 10.00 Å². The number of nitrogens with zero attached hydrogens (tertiary/aromatic N) is 4. The fourth-order valence-corrected chi connectivity index (χ4v) is 3.75. The molecule has 6 nitrogen and oxygen atoms in total. The predicted molar refractivity (Wildman–Crippen MR) is 95.5 cm³/mol. The van der Waals surface area contributed by atoms with Crippen molar-refractivity contribution in [3.05, 3.63) is 47.8 Å². The van der Waals surface area contributed by atoms with Crippen LogP contribution >= 0.6 is 0 Å². The number of nitrogens with one attached hydrogen (secondary N) is 1. The van der Waals surface area contributed by atoms with E-state index in [0.29, 0.717) is 12.3 Å². The number of hydrogen-bond acceptors (Lipinski definition) is 6. The van der Waals surface area contributed by atoms with Crippen LogP contribution < -0.4 is 10.2 Å². The van der Waals surface area contributed by atoms with Gasteiger partial charge in [0.05, 0.1) is 18.2 Å². The highest BCUT2D eigenvalue weighted by atomic mass is 16.5. The second kappa shape index (κ2) is 6.34. The molecule has 2 fully saturated rings. The molecule has 0 amide bonds. The van der Waals surface area contributed by atoms with E-state index in [2.05, 4.69) is 38.4 Å². The quantitative estimate of drug-likeness (QED) is 0.929. The first-order chi connectivity index (χ1) is 12.2. The second-order valence-corrected chi connectivity index (χ2v) is 6.87. The number of anilines is 2. The minimum atomic E-state index is -0.115. The van der Waals surface area contributed by atoms with Gasteiger partial charge >= 0.3 is 0 Å². The number of pyridine rings is 2. The van der Waals surface area contributed by atoms with Gasteiger partial charge in [0.25, 0.3) is 0 Å². The Bertz CT molecular complexity index is 817. The monoisotopic (exact) mass is 335 g/mol. The summed E-state index contributed by atoms with van der Waals surface area (Å²) in [5, 5.41) is 12.4. The summed E-state index contributed by atoms with van der Waals surface area (Å²) in [6.45, 7) is 4.51. The van der Waals surface area contributed by atoms with Crippen LogP contribution in [0, 0.1) is 18.3 Å². The minimum Gasteiger partial charge on any atom is -0.371 e. The van der Waals surface area contributed by atoms with Gasteiger partial charge in [-0.1, -0.05) is 12.1 Å². The van der Waals surface area contributed by atoms with Crippen LogP contribution in [0.4, 0.5) is 11.6 Å². The molecule has 25 heavy (non-hydrogen) atoms. The van der Waals surface area contributed by atoms with Crippen LogP contribution in [0.3, 0.4) is 0 Å². The second-order valence-electron chi connectivity index (χ2n) is 6.87. The third-order valence-electron chi connectivity index (χ3n) is 4.94. The molecule has 128 valence electrons. The smallest absolute Gasteiger partial charge is 0.142 e. The molecule has 1 spiro atoms. The summed E-state index contributed by atoms with van der Waals surface area (Å²) >= 11 is 0. The molecule has 2 aromatic heterocycles. The first-order valence-corrected chi connectivity index (χ1v) is 8.62. The largest absolute Gasteiger partial charge is 0.371 e. The Labute approximate surface area is 147 Å². The van der Waals surface area contributed by atoms with Crippen LogP contribution in [0.25, 0.3) is 0 Å². The zero-order chi connectivity index (χ0) is 17.3. The van der Waals surface area contributed by atoms with E-state index in [1.807, 2.05) is 25.1 Å². The molecule has 4 rings (SSSR count). The van der Waals surface area contributed by atoms with E-state index in [0.717, 1.165) is 43.3 Å². The summed E-state index contributed by atoms with van der Waals surface area (Å²) in [5.74, 6) is 1.76. The fourth-order valence-electron chi connectivity index (χ4n) is 3.75. The van der Waals surface area contributed by atoms with Gasteiger partial charge in [0.1, 0.15) is 23.4 Å². The van der Waals surface area contributed by atoms with E-state index in [1.165, 1.54) is 0 Å². The minimum absolute atomic E-state index is 0.115. The Hall–Kier alpha value is -2.65. The highest BCUT2D eigenvalue weighted by Crippen LogP contribution is 2.37. The lowest BCUT2D eigenvalue weighted by molar-refractivity contribution is 0.0228. The van der Waals surface area contributed by atoms with Crippen molar-refractivity contribution >= 4 is 11.6 Å². The van der Waals surface area contributed by atoms with Crippen molar-refractivity contribution in [2.24, 2.45) is 0 Å². The molecule has 1 N–H and O–H groups in total. The van der Waals surface area contributed by atoms with Gasteiger partial charge in [-0.05, 0) is 37.6 Å². The third-order valence-corrected chi connectivity index (χ3v) is 4.94. The lowest BCUT2D eigenvalue weighted by Gasteiger charge is -2.24. The Balaban J connectivity index is 1.41. The molecule has 4 heterocycles. The van der Waals surface area contributed by atoms with Crippen molar-refractivity contribution in [1.29, 1.82) is 5.26 Å². The van der Waals surface area contributed by atoms with Crippen molar-refractivity contribution < 1.29 is 4.74 Å². The van der Waals surface area contributed by atoms with Gasteiger partial charge < -0.3 is 15.0 Å². The van der Waals surface area contributed by atoms with Gasteiger partial charge in [-0.3, -0.25) is 0 Å². The molecule has 2 atom stereocenters. The molecule has 6 heteroatoms. The average molecular weight is 335 g/mol. The Morgan fingerprint density at radius 2 is 2.16 bits per heavy atom. The Morgan fingerprint density at radius 1 is 1.28 bits per heavy atom. The van der Waals surface area contributed by atoms with Crippen LogP contribution in [0.2, 0.25) is 0 Å². The predicted octanol–water partition coefficient (Wildman–Crippen LogP) is 2.51. The van der Waals surface area contributed by atoms with Crippen molar-refractivity contribution in [3.63, 3.8) is 0 Å². The summed E-state index contributed by atoms with van der Waals surface area (Å²) < 4.78 is 6.20. The topological polar surface area (TPSA) is 74.1 Å². The molecule has 2 aromatic rings. The fraction of sp³-hybridized carbons (Fsp3) is 0.421. The maximum atomic E-state index is 8.97. The zero-order valence-electron chi connectivity index (χ0n) is 14.3. The molecule has 0 bridgehead atoms. The van der Waals surface area contributed by atoms with E-state index in [1.54, 1.807) is 6.07 Å². The number of ether oxygens (including phenoxy) is 1. The maximum absolute atomic E-state index is 8.97. The molecule has 2 aliphatic rings. The lowest BCUT2D eigenvalue weighted by Crippen LogP contribution is -2.34. The summed E-state index contributed by atoms with van der Waals surface area (Å²) in [7, 11) is 0. The van der Waals surface area contributed by atoms with Gasteiger partial charge in [-0.2, -0.15) is 5.26 Å². The van der Waals surface area contributed by atoms with Crippen molar-refractivity contribution in [3.8, 4) is 6.07 Å². The first-order valence-electron chi connectivity index (χ1n) is 8.62. The molecule has 2 aliphatic heterocycles. The Kier molecular flexibility index (Phi) is 4.02. The molecule has 0 radical (unpaired) electrons. The van der Waals surface area contributed by atoms with Crippen LogP contribution in [0.5, 0.6) is 0 Å². The van der Waals surface area contributed by atoms with Crippen LogP contribution in [-0.2, 0) is 4.74 Å². The maximum Gasteiger partial charge on any atom is 0.142 e. The molecule has 0 unspecified atom stereocenters. The van der Waals surface area contributed by atoms with E-state index >= 15 is 0 Å². The van der Waals surface area contributed by atoms with Gasteiger partial charge in [0.15, 0.2) is 0 Å². The summed E-state index contributed by atoms with van der Waals surface area (Å²) in [4.78, 5) is 11.2. The molecular formula is C19H21N5O. The summed E-state index contributed by atoms with van der Waals surface area (Å²) in [5.41, 5.74) is 1.35. The number of aromatic nitrogens is 2.